The number of terminal acetylenes is 1. The molecule has 0 atom stereocenters. The summed E-state index contributed by atoms with van der Waals surface area (Å²) in [5.74, 6) is 2.49. The van der Waals surface area contributed by atoms with E-state index in [-0.39, 0.29) is 9.08 Å². The number of hydrogen-bond acceptors (Lipinski definition) is 4. The summed E-state index contributed by atoms with van der Waals surface area (Å²) in [7, 11) is -3.57. The molecule has 1 rings (SSSR count). The number of aromatic nitrogens is 1. The molecule has 0 spiro atoms. The van der Waals surface area contributed by atoms with E-state index in [9.17, 15) is 13.2 Å². The summed E-state index contributed by atoms with van der Waals surface area (Å²) >= 11 is 0.696. The molecule has 5 nitrogen and oxygen atoms in total. The fourth-order valence-corrected chi connectivity index (χ4v) is 3.69. The van der Waals surface area contributed by atoms with Crippen molar-refractivity contribution in [1.82, 2.24) is 9.71 Å². The van der Waals surface area contributed by atoms with Gasteiger partial charge in [0, 0.05) is 18.7 Å². The van der Waals surface area contributed by atoms with E-state index < -0.39 is 10.0 Å². The molecule has 1 aromatic rings. The van der Waals surface area contributed by atoms with Gasteiger partial charge in [0.25, 0.3) is 10.0 Å². The SMILES string of the molecule is C#CCCCCNS(=O)(=O)c1sc(=O)[nH]c1C. The molecule has 0 saturated heterocycles. The summed E-state index contributed by atoms with van der Waals surface area (Å²) in [4.78, 5) is 13.1. The lowest BCUT2D eigenvalue weighted by atomic mass is 10.2. The highest BCUT2D eigenvalue weighted by molar-refractivity contribution is 7.91. The van der Waals surface area contributed by atoms with Gasteiger partial charge < -0.3 is 4.98 Å². The van der Waals surface area contributed by atoms with Gasteiger partial charge in [0.1, 0.15) is 0 Å². The lowest BCUT2D eigenvalue weighted by molar-refractivity contribution is 0.578. The Morgan fingerprint density at radius 1 is 1.47 bits per heavy atom. The Hall–Kier alpha value is -1.10. The summed E-state index contributed by atoms with van der Waals surface area (Å²) in [6, 6.07) is 0. The van der Waals surface area contributed by atoms with Gasteiger partial charge in [-0.2, -0.15) is 0 Å². The third-order valence-electron chi connectivity index (χ3n) is 2.07. The van der Waals surface area contributed by atoms with E-state index in [0.29, 0.717) is 36.4 Å². The number of rotatable bonds is 6. The molecule has 1 heterocycles. The van der Waals surface area contributed by atoms with Gasteiger partial charge >= 0.3 is 4.87 Å². The quantitative estimate of drug-likeness (QED) is 0.595. The second-order valence-corrected chi connectivity index (χ2v) is 6.43. The van der Waals surface area contributed by atoms with Crippen LogP contribution < -0.4 is 9.60 Å². The van der Waals surface area contributed by atoms with Crippen LogP contribution in [0.2, 0.25) is 0 Å². The van der Waals surface area contributed by atoms with Crippen molar-refractivity contribution < 1.29 is 8.42 Å². The van der Waals surface area contributed by atoms with Crippen LogP contribution in [0.4, 0.5) is 0 Å². The molecular formula is C10H14N2O3S2. The predicted molar refractivity (Wildman–Crippen MR) is 67.5 cm³/mol. The highest BCUT2D eigenvalue weighted by Crippen LogP contribution is 2.15. The fourth-order valence-electron chi connectivity index (χ4n) is 1.27. The molecule has 0 aliphatic rings. The van der Waals surface area contributed by atoms with Gasteiger partial charge in [0.15, 0.2) is 4.21 Å². The first-order valence-electron chi connectivity index (χ1n) is 5.10. The number of H-pyrrole nitrogens is 1. The lowest BCUT2D eigenvalue weighted by Crippen LogP contribution is -2.24. The normalized spacial score (nSPS) is 11.3. The van der Waals surface area contributed by atoms with Crippen LogP contribution in [0.15, 0.2) is 9.00 Å². The Kier molecular flexibility index (Phi) is 4.93. The van der Waals surface area contributed by atoms with Crippen molar-refractivity contribution >= 4 is 21.4 Å². The summed E-state index contributed by atoms with van der Waals surface area (Å²) in [6.45, 7) is 1.89. The van der Waals surface area contributed by atoms with Crippen molar-refractivity contribution in [1.29, 1.82) is 0 Å². The topological polar surface area (TPSA) is 79.0 Å². The number of unbranched alkanes of at least 4 members (excludes halogenated alkanes) is 2. The van der Waals surface area contributed by atoms with E-state index in [1.807, 2.05) is 0 Å². The minimum atomic E-state index is -3.57. The van der Waals surface area contributed by atoms with Gasteiger partial charge in [-0.3, -0.25) is 4.79 Å². The molecular weight excluding hydrogens is 260 g/mol. The van der Waals surface area contributed by atoms with Crippen molar-refractivity contribution in [3.05, 3.63) is 15.4 Å². The second-order valence-electron chi connectivity index (χ2n) is 3.49. The van der Waals surface area contributed by atoms with Gasteiger partial charge in [0.2, 0.25) is 0 Å². The van der Waals surface area contributed by atoms with Crippen LogP contribution in [0.5, 0.6) is 0 Å². The highest BCUT2D eigenvalue weighted by atomic mass is 32.2. The monoisotopic (exact) mass is 274 g/mol. The second kappa shape index (κ2) is 6.00. The number of sulfonamides is 1. The Labute approximate surface area is 104 Å². The largest absolute Gasteiger partial charge is 0.315 e. The molecule has 0 aliphatic heterocycles. The van der Waals surface area contributed by atoms with E-state index in [1.165, 1.54) is 0 Å². The molecule has 0 saturated carbocycles. The maximum Gasteiger partial charge on any atom is 0.305 e. The number of thiazole rings is 1. The van der Waals surface area contributed by atoms with Crippen molar-refractivity contribution in [2.75, 3.05) is 6.54 Å². The average Bonchev–Trinajstić information content (AvgIpc) is 2.58. The average molecular weight is 274 g/mol. The lowest BCUT2D eigenvalue weighted by Gasteiger charge is -2.04. The minimum Gasteiger partial charge on any atom is -0.315 e. The van der Waals surface area contributed by atoms with Crippen LogP contribution >= 0.6 is 11.3 Å². The molecule has 1 aromatic heterocycles. The van der Waals surface area contributed by atoms with E-state index >= 15 is 0 Å². The van der Waals surface area contributed by atoms with Gasteiger partial charge in [-0.15, -0.1) is 12.3 Å². The molecule has 2 N–H and O–H groups in total. The van der Waals surface area contributed by atoms with E-state index in [4.69, 9.17) is 6.42 Å². The van der Waals surface area contributed by atoms with E-state index in [2.05, 4.69) is 15.6 Å². The van der Waals surface area contributed by atoms with Gasteiger partial charge in [0.05, 0.1) is 0 Å². The van der Waals surface area contributed by atoms with Crippen LogP contribution in [0.25, 0.3) is 0 Å². The van der Waals surface area contributed by atoms with Crippen LogP contribution in [0.3, 0.4) is 0 Å². The number of aryl methyl sites for hydroxylation is 1. The summed E-state index contributed by atoms with van der Waals surface area (Å²) in [5, 5.41) is 0. The van der Waals surface area contributed by atoms with Gasteiger partial charge in [-0.25, -0.2) is 13.1 Å². The van der Waals surface area contributed by atoms with Gasteiger partial charge in [-0.1, -0.05) is 11.3 Å². The molecule has 0 aliphatic carbocycles. The maximum atomic E-state index is 11.8. The van der Waals surface area contributed by atoms with Crippen molar-refractivity contribution in [3.8, 4) is 12.3 Å². The Bertz CT molecular complexity index is 563. The molecule has 0 radical (unpaired) electrons. The highest BCUT2D eigenvalue weighted by Gasteiger charge is 2.19. The van der Waals surface area contributed by atoms with Crippen molar-refractivity contribution in [3.63, 3.8) is 0 Å². The number of aromatic amines is 1. The van der Waals surface area contributed by atoms with Crippen molar-refractivity contribution in [2.45, 2.75) is 30.4 Å². The molecule has 17 heavy (non-hydrogen) atoms. The first kappa shape index (κ1) is 14.0. The molecule has 94 valence electrons. The summed E-state index contributed by atoms with van der Waals surface area (Å²) in [6.07, 6.45) is 7.18. The smallest absolute Gasteiger partial charge is 0.305 e. The Balaban J connectivity index is 2.61. The molecule has 0 fully saturated rings. The first-order chi connectivity index (χ1) is 7.97. The molecule has 0 unspecified atom stereocenters. The Morgan fingerprint density at radius 3 is 2.71 bits per heavy atom. The minimum absolute atomic E-state index is 0.0550. The standard InChI is InChI=1S/C10H14N2O3S2/c1-3-4-5-6-7-11-17(14,15)9-8(2)12-10(13)16-9/h1,11H,4-7H2,2H3,(H,12,13). The zero-order chi connectivity index (χ0) is 12.9. The van der Waals surface area contributed by atoms with E-state index in [1.54, 1.807) is 6.92 Å². The van der Waals surface area contributed by atoms with Crippen LogP contribution in [-0.2, 0) is 10.0 Å². The third kappa shape index (κ3) is 4.00. The zero-order valence-corrected chi connectivity index (χ0v) is 11.1. The molecule has 0 amide bonds. The molecule has 0 aromatic carbocycles. The van der Waals surface area contributed by atoms with Crippen LogP contribution in [0, 0.1) is 19.3 Å². The predicted octanol–water partition coefficient (Wildman–Crippen LogP) is 0.827. The molecule has 7 heteroatoms. The number of hydrogen-bond donors (Lipinski definition) is 2. The van der Waals surface area contributed by atoms with Gasteiger partial charge in [-0.05, 0) is 19.8 Å². The summed E-state index contributed by atoms with van der Waals surface area (Å²) < 4.78 is 26.1. The Morgan fingerprint density at radius 2 is 2.18 bits per heavy atom. The summed E-state index contributed by atoms with van der Waals surface area (Å²) in [5.41, 5.74) is 0.371. The van der Waals surface area contributed by atoms with Crippen molar-refractivity contribution in [2.24, 2.45) is 0 Å². The van der Waals surface area contributed by atoms with E-state index in [0.717, 1.165) is 6.42 Å². The van der Waals surface area contributed by atoms with Crippen LogP contribution in [-0.4, -0.2) is 19.9 Å². The maximum absolute atomic E-state index is 11.8. The fraction of sp³-hybridized carbons (Fsp3) is 0.500. The first-order valence-corrected chi connectivity index (χ1v) is 7.40. The zero-order valence-electron chi connectivity index (χ0n) is 9.45. The molecule has 0 bridgehead atoms. The number of nitrogens with one attached hydrogen (secondary N) is 2. The third-order valence-corrected chi connectivity index (χ3v) is 5.13. The van der Waals surface area contributed by atoms with Crippen LogP contribution in [0.1, 0.15) is 25.0 Å².